The van der Waals surface area contributed by atoms with E-state index in [0.717, 1.165) is 17.3 Å². The van der Waals surface area contributed by atoms with Gasteiger partial charge in [-0.15, -0.1) is 11.8 Å². The standard InChI is InChI=1S/C18H18ClN3O3S/c1-12-6-8-13(9-7-12)20-16(23)10-26-11-17(24)21-22-18(25)14-4-2-3-5-15(14)19/h2-9H,10-11H2,1H3,(H,20,23)(H,21,24)(H,22,25). The summed E-state index contributed by atoms with van der Waals surface area (Å²) < 4.78 is 0. The Morgan fingerprint density at radius 3 is 2.27 bits per heavy atom. The van der Waals surface area contributed by atoms with E-state index >= 15 is 0 Å². The molecule has 0 unspecified atom stereocenters. The second-order valence-corrected chi connectivity index (χ2v) is 6.78. The number of amides is 3. The van der Waals surface area contributed by atoms with Crippen molar-refractivity contribution in [1.82, 2.24) is 10.9 Å². The van der Waals surface area contributed by atoms with Crippen LogP contribution in [0.25, 0.3) is 0 Å². The molecular weight excluding hydrogens is 374 g/mol. The lowest BCUT2D eigenvalue weighted by Gasteiger charge is -2.08. The Morgan fingerprint density at radius 2 is 1.58 bits per heavy atom. The lowest BCUT2D eigenvalue weighted by atomic mass is 10.2. The van der Waals surface area contributed by atoms with Crippen molar-refractivity contribution < 1.29 is 14.4 Å². The summed E-state index contributed by atoms with van der Waals surface area (Å²) in [5.74, 6) is -0.972. The first kappa shape index (κ1) is 19.8. The highest BCUT2D eigenvalue weighted by Gasteiger charge is 2.11. The number of carbonyl (C=O) groups is 3. The van der Waals surface area contributed by atoms with Crippen molar-refractivity contribution >= 4 is 46.8 Å². The van der Waals surface area contributed by atoms with E-state index in [0.29, 0.717) is 10.7 Å². The summed E-state index contributed by atoms with van der Waals surface area (Å²) in [4.78, 5) is 35.4. The van der Waals surface area contributed by atoms with Gasteiger partial charge in [0.05, 0.1) is 22.1 Å². The number of thioether (sulfide) groups is 1. The molecule has 3 N–H and O–H groups in total. The van der Waals surface area contributed by atoms with Gasteiger partial charge in [0.25, 0.3) is 5.91 Å². The Hall–Kier alpha value is -2.51. The maximum atomic E-state index is 11.9. The van der Waals surface area contributed by atoms with Crippen LogP contribution in [0, 0.1) is 6.92 Å². The first-order chi connectivity index (χ1) is 12.5. The van der Waals surface area contributed by atoms with Gasteiger partial charge in [0.2, 0.25) is 11.8 Å². The van der Waals surface area contributed by atoms with E-state index in [-0.39, 0.29) is 23.0 Å². The molecule has 0 aliphatic rings. The number of hydrazine groups is 1. The van der Waals surface area contributed by atoms with Crippen LogP contribution < -0.4 is 16.2 Å². The van der Waals surface area contributed by atoms with Gasteiger partial charge in [0.15, 0.2) is 0 Å². The van der Waals surface area contributed by atoms with Gasteiger partial charge in [0.1, 0.15) is 0 Å². The molecule has 0 aliphatic carbocycles. The Labute approximate surface area is 160 Å². The fraction of sp³-hybridized carbons (Fsp3) is 0.167. The number of benzene rings is 2. The molecule has 6 nitrogen and oxygen atoms in total. The number of anilines is 1. The van der Waals surface area contributed by atoms with Crippen LogP contribution in [-0.4, -0.2) is 29.2 Å². The fourth-order valence-electron chi connectivity index (χ4n) is 1.95. The molecule has 0 fully saturated rings. The molecule has 0 heterocycles. The van der Waals surface area contributed by atoms with Crippen LogP contribution in [0.2, 0.25) is 5.02 Å². The highest BCUT2D eigenvalue weighted by atomic mass is 35.5. The SMILES string of the molecule is Cc1ccc(NC(=O)CSCC(=O)NNC(=O)c2ccccc2Cl)cc1. The molecule has 8 heteroatoms. The normalized spacial score (nSPS) is 10.1. The molecule has 0 aliphatic heterocycles. The molecule has 2 rings (SSSR count). The van der Waals surface area contributed by atoms with Crippen molar-refractivity contribution in [2.45, 2.75) is 6.92 Å². The summed E-state index contributed by atoms with van der Waals surface area (Å²) >= 11 is 7.05. The molecular formula is C18H18ClN3O3S. The third-order valence-electron chi connectivity index (χ3n) is 3.24. The van der Waals surface area contributed by atoms with E-state index in [1.165, 1.54) is 0 Å². The van der Waals surface area contributed by atoms with Crippen LogP contribution in [0.5, 0.6) is 0 Å². The second-order valence-electron chi connectivity index (χ2n) is 5.39. The zero-order chi connectivity index (χ0) is 18.9. The summed E-state index contributed by atoms with van der Waals surface area (Å²) in [6.45, 7) is 1.96. The first-order valence-electron chi connectivity index (χ1n) is 7.73. The number of hydrogen-bond donors (Lipinski definition) is 3. The number of rotatable bonds is 6. The van der Waals surface area contributed by atoms with E-state index in [2.05, 4.69) is 16.2 Å². The number of hydrogen-bond acceptors (Lipinski definition) is 4. The minimum absolute atomic E-state index is 0.0319. The Bertz CT molecular complexity index is 797. The largest absolute Gasteiger partial charge is 0.325 e. The van der Waals surface area contributed by atoms with E-state index in [4.69, 9.17) is 11.6 Å². The summed E-state index contributed by atoms with van der Waals surface area (Å²) in [5.41, 5.74) is 6.65. The van der Waals surface area contributed by atoms with Gasteiger partial charge in [-0.25, -0.2) is 0 Å². The molecule has 0 saturated heterocycles. The van der Waals surface area contributed by atoms with E-state index in [1.807, 2.05) is 31.2 Å². The molecule has 0 aromatic heterocycles. The fourth-order valence-corrected chi connectivity index (χ4v) is 2.78. The molecule has 0 atom stereocenters. The van der Waals surface area contributed by atoms with Gasteiger partial charge in [-0.2, -0.15) is 0 Å². The second kappa shape index (κ2) is 9.84. The van der Waals surface area contributed by atoms with Crippen LogP contribution >= 0.6 is 23.4 Å². The smallest absolute Gasteiger partial charge is 0.271 e. The number of nitrogens with one attached hydrogen (secondary N) is 3. The van der Waals surface area contributed by atoms with Crippen molar-refractivity contribution in [3.63, 3.8) is 0 Å². The Morgan fingerprint density at radius 1 is 0.923 bits per heavy atom. The number of aryl methyl sites for hydroxylation is 1. The van der Waals surface area contributed by atoms with Crippen LogP contribution in [0.1, 0.15) is 15.9 Å². The average Bonchev–Trinajstić information content (AvgIpc) is 2.62. The molecule has 0 spiro atoms. The summed E-state index contributed by atoms with van der Waals surface area (Å²) in [5, 5.41) is 3.04. The summed E-state index contributed by atoms with van der Waals surface area (Å²) in [7, 11) is 0. The van der Waals surface area contributed by atoms with Crippen LogP contribution in [0.4, 0.5) is 5.69 Å². The maximum Gasteiger partial charge on any atom is 0.271 e. The zero-order valence-electron chi connectivity index (χ0n) is 14.0. The lowest BCUT2D eigenvalue weighted by Crippen LogP contribution is -2.42. The molecule has 3 amide bonds. The maximum absolute atomic E-state index is 11.9. The number of carbonyl (C=O) groups excluding carboxylic acids is 3. The molecule has 0 bridgehead atoms. The number of halogens is 1. The predicted octanol–water partition coefficient (Wildman–Crippen LogP) is 2.78. The van der Waals surface area contributed by atoms with E-state index in [1.54, 1.807) is 24.3 Å². The van der Waals surface area contributed by atoms with Crippen LogP contribution in [0.15, 0.2) is 48.5 Å². The van der Waals surface area contributed by atoms with Crippen molar-refractivity contribution in [2.75, 3.05) is 16.8 Å². The zero-order valence-corrected chi connectivity index (χ0v) is 15.6. The van der Waals surface area contributed by atoms with Crippen molar-refractivity contribution in [1.29, 1.82) is 0 Å². The lowest BCUT2D eigenvalue weighted by molar-refractivity contribution is -0.119. The monoisotopic (exact) mass is 391 g/mol. The molecule has 0 saturated carbocycles. The highest BCUT2D eigenvalue weighted by Crippen LogP contribution is 2.14. The minimum Gasteiger partial charge on any atom is -0.325 e. The van der Waals surface area contributed by atoms with E-state index < -0.39 is 11.8 Å². The predicted molar refractivity (Wildman–Crippen MR) is 104 cm³/mol. The summed E-state index contributed by atoms with van der Waals surface area (Å²) in [6.07, 6.45) is 0. The van der Waals surface area contributed by atoms with Gasteiger partial charge in [-0.05, 0) is 31.2 Å². The third-order valence-corrected chi connectivity index (χ3v) is 4.50. The molecule has 0 radical (unpaired) electrons. The van der Waals surface area contributed by atoms with Gasteiger partial charge in [-0.1, -0.05) is 41.4 Å². The van der Waals surface area contributed by atoms with Gasteiger partial charge < -0.3 is 5.32 Å². The van der Waals surface area contributed by atoms with E-state index in [9.17, 15) is 14.4 Å². The van der Waals surface area contributed by atoms with Crippen LogP contribution in [0.3, 0.4) is 0 Å². The summed E-state index contributed by atoms with van der Waals surface area (Å²) in [6, 6.07) is 13.9. The van der Waals surface area contributed by atoms with Gasteiger partial charge in [-0.3, -0.25) is 25.2 Å². The molecule has 136 valence electrons. The Balaban J connectivity index is 1.67. The van der Waals surface area contributed by atoms with Gasteiger partial charge in [0, 0.05) is 5.69 Å². The topological polar surface area (TPSA) is 87.3 Å². The quantitative estimate of drug-likeness (QED) is 0.661. The van der Waals surface area contributed by atoms with Gasteiger partial charge >= 0.3 is 0 Å². The Kier molecular flexibility index (Phi) is 7.50. The molecule has 26 heavy (non-hydrogen) atoms. The average molecular weight is 392 g/mol. The minimum atomic E-state index is -0.508. The first-order valence-corrected chi connectivity index (χ1v) is 9.27. The van der Waals surface area contributed by atoms with Crippen molar-refractivity contribution in [2.24, 2.45) is 0 Å². The van der Waals surface area contributed by atoms with Crippen molar-refractivity contribution in [3.05, 3.63) is 64.7 Å². The van der Waals surface area contributed by atoms with Crippen molar-refractivity contribution in [3.8, 4) is 0 Å². The van der Waals surface area contributed by atoms with Crippen LogP contribution in [-0.2, 0) is 9.59 Å². The highest BCUT2D eigenvalue weighted by molar-refractivity contribution is 8.00. The molecule has 2 aromatic carbocycles. The third kappa shape index (κ3) is 6.42. The molecule has 2 aromatic rings.